The summed E-state index contributed by atoms with van der Waals surface area (Å²) in [4.78, 5) is 28.3. The number of para-hydroxylation sites is 1. The van der Waals surface area contributed by atoms with E-state index >= 15 is 0 Å². The lowest BCUT2D eigenvalue weighted by molar-refractivity contribution is -0.154. The first-order valence-electron chi connectivity index (χ1n) is 8.31. The number of benzene rings is 1. The van der Waals surface area contributed by atoms with Crippen LogP contribution in [0.5, 0.6) is 0 Å². The van der Waals surface area contributed by atoms with Crippen molar-refractivity contribution in [3.05, 3.63) is 36.0 Å². The third-order valence-corrected chi connectivity index (χ3v) is 4.69. The van der Waals surface area contributed by atoms with Crippen LogP contribution in [0.3, 0.4) is 0 Å². The van der Waals surface area contributed by atoms with Gasteiger partial charge < -0.3 is 20.1 Å². The van der Waals surface area contributed by atoms with Crippen molar-refractivity contribution in [1.29, 1.82) is 0 Å². The van der Waals surface area contributed by atoms with Crippen LogP contribution >= 0.6 is 0 Å². The van der Waals surface area contributed by atoms with E-state index in [1.165, 1.54) is 10.5 Å². The second-order valence-electron chi connectivity index (χ2n) is 6.33. The number of carboxylic acids is 1. The Morgan fingerprint density at radius 3 is 2.88 bits per heavy atom. The molecule has 1 aromatic carbocycles. The molecule has 0 spiro atoms. The van der Waals surface area contributed by atoms with Gasteiger partial charge in [-0.1, -0.05) is 18.2 Å². The summed E-state index contributed by atoms with van der Waals surface area (Å²) in [6.45, 7) is 0.310. The van der Waals surface area contributed by atoms with Gasteiger partial charge in [0.1, 0.15) is 6.04 Å². The SMILES string of the molecule is O=C(O)[C@H]1C[C@@H](O)CCN1C(=O)CCCc1c[nH]c2ccccc12. The lowest BCUT2D eigenvalue weighted by atomic mass is 9.98. The summed E-state index contributed by atoms with van der Waals surface area (Å²) in [6.07, 6.45) is 3.64. The summed E-state index contributed by atoms with van der Waals surface area (Å²) in [6, 6.07) is 7.12. The molecule has 1 saturated heterocycles. The van der Waals surface area contributed by atoms with E-state index < -0.39 is 18.1 Å². The number of likely N-dealkylation sites (tertiary alicyclic amines) is 1. The number of nitrogens with zero attached hydrogens (tertiary/aromatic N) is 1. The van der Waals surface area contributed by atoms with Gasteiger partial charge >= 0.3 is 5.97 Å². The molecule has 3 N–H and O–H groups in total. The molecule has 1 aliphatic heterocycles. The number of aliphatic hydroxyl groups is 1. The number of carbonyl (C=O) groups excluding carboxylic acids is 1. The number of H-pyrrole nitrogens is 1. The van der Waals surface area contributed by atoms with Crippen LogP contribution in [0.2, 0.25) is 0 Å². The fraction of sp³-hybridized carbons (Fsp3) is 0.444. The Balaban J connectivity index is 1.58. The number of aromatic amines is 1. The molecule has 0 unspecified atom stereocenters. The topological polar surface area (TPSA) is 93.6 Å². The van der Waals surface area contributed by atoms with Gasteiger partial charge in [0.25, 0.3) is 0 Å². The van der Waals surface area contributed by atoms with E-state index in [1.54, 1.807) is 0 Å². The van der Waals surface area contributed by atoms with Crippen LogP contribution in [0.4, 0.5) is 0 Å². The Bertz CT molecular complexity index is 739. The quantitative estimate of drug-likeness (QED) is 0.781. The summed E-state index contributed by atoms with van der Waals surface area (Å²) in [5, 5.41) is 20.0. The average molecular weight is 330 g/mol. The molecule has 1 aliphatic rings. The number of aliphatic carboxylic acids is 1. The van der Waals surface area contributed by atoms with Gasteiger partial charge in [-0.25, -0.2) is 4.79 Å². The van der Waals surface area contributed by atoms with E-state index in [0.717, 1.165) is 17.3 Å². The molecule has 2 atom stereocenters. The summed E-state index contributed by atoms with van der Waals surface area (Å²) >= 11 is 0. The van der Waals surface area contributed by atoms with Crippen LogP contribution < -0.4 is 0 Å². The molecule has 2 heterocycles. The second-order valence-corrected chi connectivity index (χ2v) is 6.33. The standard InChI is InChI=1S/C18H22N2O4/c21-13-8-9-20(16(10-13)18(23)24)17(22)7-3-4-12-11-19-15-6-2-1-5-14(12)15/h1-2,5-6,11,13,16,19,21H,3-4,7-10H2,(H,23,24)/t13-,16+/m0/s1. The first kappa shape index (κ1) is 16.5. The van der Waals surface area contributed by atoms with E-state index in [0.29, 0.717) is 25.8 Å². The van der Waals surface area contributed by atoms with Crippen molar-refractivity contribution < 1.29 is 19.8 Å². The molecule has 2 aromatic rings. The van der Waals surface area contributed by atoms with E-state index in [4.69, 9.17) is 0 Å². The summed E-state index contributed by atoms with van der Waals surface area (Å²) in [5.41, 5.74) is 2.25. The van der Waals surface area contributed by atoms with E-state index in [2.05, 4.69) is 11.1 Å². The zero-order valence-electron chi connectivity index (χ0n) is 13.4. The number of hydrogen-bond acceptors (Lipinski definition) is 3. The van der Waals surface area contributed by atoms with Crippen LogP contribution in [0.1, 0.15) is 31.2 Å². The molecule has 3 rings (SSSR count). The van der Waals surface area contributed by atoms with Crippen LogP contribution in [0.15, 0.2) is 30.5 Å². The number of rotatable bonds is 5. The number of fused-ring (bicyclic) bond motifs is 1. The molecular weight excluding hydrogens is 308 g/mol. The number of aromatic nitrogens is 1. The molecule has 1 aromatic heterocycles. The predicted octanol–water partition coefficient (Wildman–Crippen LogP) is 1.93. The van der Waals surface area contributed by atoms with Gasteiger partial charge in [-0.2, -0.15) is 0 Å². The molecule has 1 fully saturated rings. The third-order valence-electron chi connectivity index (χ3n) is 4.69. The Labute approximate surface area is 140 Å². The second kappa shape index (κ2) is 7.05. The molecule has 0 aliphatic carbocycles. The van der Waals surface area contributed by atoms with Crippen molar-refractivity contribution in [2.24, 2.45) is 0 Å². The molecule has 6 nitrogen and oxygen atoms in total. The van der Waals surface area contributed by atoms with Crippen molar-refractivity contribution in [2.45, 2.75) is 44.2 Å². The van der Waals surface area contributed by atoms with Gasteiger partial charge in [0.05, 0.1) is 6.10 Å². The van der Waals surface area contributed by atoms with Gasteiger partial charge in [-0.15, -0.1) is 0 Å². The van der Waals surface area contributed by atoms with E-state index in [9.17, 15) is 19.8 Å². The number of piperidine rings is 1. The highest BCUT2D eigenvalue weighted by Crippen LogP contribution is 2.22. The maximum absolute atomic E-state index is 12.4. The molecule has 0 saturated carbocycles. The predicted molar refractivity (Wildman–Crippen MR) is 89.6 cm³/mol. The fourth-order valence-corrected chi connectivity index (χ4v) is 3.39. The molecule has 128 valence electrons. The van der Waals surface area contributed by atoms with Crippen LogP contribution in [-0.2, 0) is 16.0 Å². The van der Waals surface area contributed by atoms with Crippen molar-refractivity contribution in [1.82, 2.24) is 9.88 Å². The third kappa shape index (κ3) is 3.43. The number of aryl methyl sites for hydroxylation is 1. The Morgan fingerprint density at radius 2 is 2.08 bits per heavy atom. The van der Waals surface area contributed by atoms with Crippen molar-refractivity contribution in [3.8, 4) is 0 Å². The van der Waals surface area contributed by atoms with E-state index in [-0.39, 0.29) is 12.3 Å². The van der Waals surface area contributed by atoms with Gasteiger partial charge in [-0.3, -0.25) is 4.79 Å². The zero-order valence-corrected chi connectivity index (χ0v) is 13.4. The number of carboxylic acid groups (broad SMARTS) is 1. The zero-order chi connectivity index (χ0) is 17.1. The largest absolute Gasteiger partial charge is 0.480 e. The summed E-state index contributed by atoms with van der Waals surface area (Å²) < 4.78 is 0. The van der Waals surface area contributed by atoms with Crippen LogP contribution in [0.25, 0.3) is 10.9 Å². The monoisotopic (exact) mass is 330 g/mol. The first-order chi connectivity index (χ1) is 11.6. The number of hydrogen-bond donors (Lipinski definition) is 3. The Morgan fingerprint density at radius 1 is 1.29 bits per heavy atom. The molecule has 0 radical (unpaired) electrons. The van der Waals surface area contributed by atoms with E-state index in [1.807, 2.05) is 24.4 Å². The number of aliphatic hydroxyl groups excluding tert-OH is 1. The van der Waals surface area contributed by atoms with Crippen molar-refractivity contribution in [2.75, 3.05) is 6.54 Å². The fourth-order valence-electron chi connectivity index (χ4n) is 3.39. The number of carbonyl (C=O) groups is 2. The lowest BCUT2D eigenvalue weighted by Gasteiger charge is -2.35. The maximum Gasteiger partial charge on any atom is 0.326 e. The van der Waals surface area contributed by atoms with Crippen LogP contribution in [0, 0.1) is 0 Å². The number of amides is 1. The first-order valence-corrected chi connectivity index (χ1v) is 8.31. The normalized spacial score (nSPS) is 21.1. The molecule has 6 heteroatoms. The lowest BCUT2D eigenvalue weighted by Crippen LogP contribution is -2.51. The Kier molecular flexibility index (Phi) is 4.85. The van der Waals surface area contributed by atoms with Crippen LogP contribution in [-0.4, -0.2) is 50.7 Å². The minimum atomic E-state index is -1.04. The minimum Gasteiger partial charge on any atom is -0.480 e. The molecule has 0 bridgehead atoms. The molecule has 24 heavy (non-hydrogen) atoms. The minimum absolute atomic E-state index is 0.115. The Hall–Kier alpha value is -2.34. The maximum atomic E-state index is 12.4. The smallest absolute Gasteiger partial charge is 0.326 e. The molecule has 1 amide bonds. The summed E-state index contributed by atoms with van der Waals surface area (Å²) in [5.74, 6) is -1.19. The summed E-state index contributed by atoms with van der Waals surface area (Å²) in [7, 11) is 0. The number of nitrogens with one attached hydrogen (secondary N) is 1. The average Bonchev–Trinajstić information content (AvgIpc) is 2.98. The van der Waals surface area contributed by atoms with Gasteiger partial charge in [0, 0.05) is 36.5 Å². The highest BCUT2D eigenvalue weighted by atomic mass is 16.4. The van der Waals surface area contributed by atoms with Crippen molar-refractivity contribution >= 4 is 22.8 Å². The highest BCUT2D eigenvalue weighted by molar-refractivity contribution is 5.84. The van der Waals surface area contributed by atoms with Gasteiger partial charge in [0.15, 0.2) is 0 Å². The van der Waals surface area contributed by atoms with Crippen molar-refractivity contribution in [3.63, 3.8) is 0 Å². The van der Waals surface area contributed by atoms with Gasteiger partial charge in [0.2, 0.25) is 5.91 Å². The highest BCUT2D eigenvalue weighted by Gasteiger charge is 2.35. The molecular formula is C18H22N2O4. The van der Waals surface area contributed by atoms with Gasteiger partial charge in [-0.05, 0) is 30.9 Å².